The number of hydrogen-bond acceptors (Lipinski definition) is 2. The number of hydrogen-bond donors (Lipinski definition) is 1. The van der Waals surface area contributed by atoms with Crippen LogP contribution in [0.3, 0.4) is 0 Å². The average molecular weight is 295 g/mol. The maximum Gasteiger partial charge on any atom is 0.161 e. The molecule has 22 heavy (non-hydrogen) atoms. The van der Waals surface area contributed by atoms with Crippen LogP contribution in [0, 0.1) is 6.92 Å². The summed E-state index contributed by atoms with van der Waals surface area (Å²) in [6, 6.07) is 16.1. The van der Waals surface area contributed by atoms with Gasteiger partial charge in [0.1, 0.15) is 6.61 Å². The molecule has 0 fully saturated rings. The van der Waals surface area contributed by atoms with Crippen LogP contribution >= 0.6 is 0 Å². The van der Waals surface area contributed by atoms with Gasteiger partial charge in [-0.2, -0.15) is 0 Å². The van der Waals surface area contributed by atoms with Crippen LogP contribution in [0.25, 0.3) is 10.9 Å². The lowest BCUT2D eigenvalue weighted by Crippen LogP contribution is -2.08. The number of nitrogens with zero attached hydrogens (tertiary/aromatic N) is 1. The highest BCUT2D eigenvalue weighted by Gasteiger charge is 2.12. The second-order valence-electron chi connectivity index (χ2n) is 5.92. The number of phenolic OH excluding ortho intramolecular Hbond substituents is 1. The molecule has 3 heteroatoms. The topological polar surface area (TPSA) is 34.4 Å². The third-order valence-electron chi connectivity index (χ3n) is 3.83. The molecule has 0 unspecified atom stereocenters. The first-order chi connectivity index (χ1) is 10.6. The van der Waals surface area contributed by atoms with Gasteiger partial charge in [0.05, 0.1) is 5.69 Å². The van der Waals surface area contributed by atoms with E-state index in [4.69, 9.17) is 4.74 Å². The molecule has 0 spiro atoms. The van der Waals surface area contributed by atoms with E-state index in [2.05, 4.69) is 49.6 Å². The second kappa shape index (κ2) is 5.76. The van der Waals surface area contributed by atoms with Crippen molar-refractivity contribution in [2.75, 3.05) is 0 Å². The highest BCUT2D eigenvalue weighted by molar-refractivity contribution is 5.82. The Morgan fingerprint density at radius 2 is 1.86 bits per heavy atom. The quantitative estimate of drug-likeness (QED) is 0.749. The summed E-state index contributed by atoms with van der Waals surface area (Å²) in [7, 11) is 0. The molecular weight excluding hydrogens is 274 g/mol. The van der Waals surface area contributed by atoms with Crippen molar-refractivity contribution in [3.8, 4) is 11.5 Å². The van der Waals surface area contributed by atoms with Crippen LogP contribution < -0.4 is 4.74 Å². The first kappa shape index (κ1) is 14.5. The molecule has 1 heterocycles. The number of rotatable bonds is 4. The van der Waals surface area contributed by atoms with Gasteiger partial charge in [-0.3, -0.25) is 0 Å². The molecule has 3 aromatic rings. The van der Waals surface area contributed by atoms with E-state index in [-0.39, 0.29) is 5.75 Å². The first-order valence-electron chi connectivity index (χ1n) is 7.57. The van der Waals surface area contributed by atoms with Crippen molar-refractivity contribution in [1.82, 2.24) is 4.57 Å². The lowest BCUT2D eigenvalue weighted by molar-refractivity contribution is 0.278. The van der Waals surface area contributed by atoms with Crippen LogP contribution in [0.5, 0.6) is 11.5 Å². The Kier molecular flexibility index (Phi) is 3.80. The van der Waals surface area contributed by atoms with Crippen LogP contribution in [0.2, 0.25) is 0 Å². The molecule has 0 radical (unpaired) electrons. The number of ether oxygens (including phenoxy) is 1. The maximum absolute atomic E-state index is 9.81. The van der Waals surface area contributed by atoms with Gasteiger partial charge in [0.2, 0.25) is 0 Å². The number of para-hydroxylation sites is 2. The molecule has 0 aliphatic carbocycles. The van der Waals surface area contributed by atoms with Gasteiger partial charge >= 0.3 is 0 Å². The molecule has 0 atom stereocenters. The molecule has 114 valence electrons. The SMILES string of the molecule is Cc1ccc2c(c1)cc(COc1ccccc1O)n2C(C)C. The Hall–Kier alpha value is -2.42. The fourth-order valence-corrected chi connectivity index (χ4v) is 2.86. The van der Waals surface area contributed by atoms with Gasteiger partial charge in [-0.1, -0.05) is 23.8 Å². The predicted molar refractivity (Wildman–Crippen MR) is 89.5 cm³/mol. The summed E-state index contributed by atoms with van der Waals surface area (Å²) in [5.74, 6) is 0.685. The summed E-state index contributed by atoms with van der Waals surface area (Å²) in [6.07, 6.45) is 0. The fraction of sp³-hybridized carbons (Fsp3) is 0.263. The summed E-state index contributed by atoms with van der Waals surface area (Å²) in [5.41, 5.74) is 3.58. The number of aromatic nitrogens is 1. The second-order valence-corrected chi connectivity index (χ2v) is 5.92. The zero-order valence-corrected chi connectivity index (χ0v) is 13.2. The van der Waals surface area contributed by atoms with E-state index in [1.165, 1.54) is 16.5 Å². The summed E-state index contributed by atoms with van der Waals surface area (Å²) in [4.78, 5) is 0. The average Bonchev–Trinajstić information content (AvgIpc) is 2.84. The van der Waals surface area contributed by atoms with E-state index in [1.54, 1.807) is 18.2 Å². The summed E-state index contributed by atoms with van der Waals surface area (Å²) < 4.78 is 8.09. The molecule has 2 aromatic carbocycles. The van der Waals surface area contributed by atoms with Crippen LogP contribution in [0.1, 0.15) is 31.1 Å². The van der Waals surface area contributed by atoms with Crippen molar-refractivity contribution in [1.29, 1.82) is 0 Å². The fourth-order valence-electron chi connectivity index (χ4n) is 2.86. The molecule has 3 rings (SSSR count). The standard InChI is InChI=1S/C19H21NO2/c1-13(2)20-16(11-15-10-14(3)8-9-17(15)20)12-22-19-7-5-4-6-18(19)21/h4-11,13,21H,12H2,1-3H3. The van der Waals surface area contributed by atoms with Crippen LogP contribution in [0.15, 0.2) is 48.5 Å². The minimum absolute atomic E-state index is 0.172. The van der Waals surface area contributed by atoms with Crippen molar-refractivity contribution in [3.05, 3.63) is 59.8 Å². The third kappa shape index (κ3) is 2.67. The number of benzene rings is 2. The lowest BCUT2D eigenvalue weighted by atomic mass is 10.2. The molecular formula is C19H21NO2. The van der Waals surface area contributed by atoms with E-state index < -0.39 is 0 Å². The Bertz CT molecular complexity index is 802. The number of phenols is 1. The first-order valence-corrected chi connectivity index (χ1v) is 7.57. The molecule has 0 amide bonds. The number of fused-ring (bicyclic) bond motifs is 1. The maximum atomic E-state index is 9.81. The van der Waals surface area contributed by atoms with E-state index in [0.717, 1.165) is 5.69 Å². The van der Waals surface area contributed by atoms with Crippen molar-refractivity contribution in [2.24, 2.45) is 0 Å². The van der Waals surface area contributed by atoms with Gasteiger partial charge in [0.15, 0.2) is 11.5 Å². The van der Waals surface area contributed by atoms with Crippen molar-refractivity contribution < 1.29 is 9.84 Å². The Labute approximate surface area is 130 Å². The smallest absolute Gasteiger partial charge is 0.161 e. The number of aromatic hydroxyl groups is 1. The van der Waals surface area contributed by atoms with Crippen molar-refractivity contribution >= 4 is 10.9 Å². The van der Waals surface area contributed by atoms with Gasteiger partial charge in [-0.05, 0) is 51.1 Å². The molecule has 0 aliphatic rings. The van der Waals surface area contributed by atoms with Crippen LogP contribution in [0.4, 0.5) is 0 Å². The normalized spacial score (nSPS) is 11.3. The van der Waals surface area contributed by atoms with Crippen molar-refractivity contribution in [3.63, 3.8) is 0 Å². The third-order valence-corrected chi connectivity index (χ3v) is 3.83. The predicted octanol–water partition coefficient (Wildman–Crippen LogP) is 4.82. The Morgan fingerprint density at radius 3 is 2.59 bits per heavy atom. The summed E-state index contributed by atoms with van der Waals surface area (Å²) >= 11 is 0. The molecule has 3 nitrogen and oxygen atoms in total. The molecule has 0 bridgehead atoms. The Morgan fingerprint density at radius 1 is 1.09 bits per heavy atom. The van der Waals surface area contributed by atoms with Crippen molar-refractivity contribution in [2.45, 2.75) is 33.4 Å². The van der Waals surface area contributed by atoms with E-state index in [0.29, 0.717) is 18.4 Å². The largest absolute Gasteiger partial charge is 0.504 e. The van der Waals surface area contributed by atoms with Gasteiger partial charge in [-0.25, -0.2) is 0 Å². The van der Waals surface area contributed by atoms with Gasteiger partial charge < -0.3 is 14.4 Å². The molecule has 0 saturated carbocycles. The zero-order chi connectivity index (χ0) is 15.7. The van der Waals surface area contributed by atoms with Crippen LogP contribution in [-0.4, -0.2) is 9.67 Å². The van der Waals surface area contributed by atoms with Gasteiger partial charge in [0, 0.05) is 16.9 Å². The van der Waals surface area contributed by atoms with E-state index >= 15 is 0 Å². The molecule has 0 aliphatic heterocycles. The highest BCUT2D eigenvalue weighted by atomic mass is 16.5. The highest BCUT2D eigenvalue weighted by Crippen LogP contribution is 2.28. The minimum atomic E-state index is 0.172. The molecule has 1 aromatic heterocycles. The molecule has 0 saturated heterocycles. The van der Waals surface area contributed by atoms with Gasteiger partial charge in [-0.15, -0.1) is 0 Å². The van der Waals surface area contributed by atoms with E-state index in [1.807, 2.05) is 6.07 Å². The number of aryl methyl sites for hydroxylation is 1. The summed E-state index contributed by atoms with van der Waals surface area (Å²) in [5, 5.41) is 11.0. The monoisotopic (exact) mass is 295 g/mol. The van der Waals surface area contributed by atoms with Crippen LogP contribution in [-0.2, 0) is 6.61 Å². The summed E-state index contributed by atoms with van der Waals surface area (Å²) in [6.45, 7) is 6.87. The van der Waals surface area contributed by atoms with E-state index in [9.17, 15) is 5.11 Å². The minimum Gasteiger partial charge on any atom is -0.504 e. The zero-order valence-electron chi connectivity index (χ0n) is 13.2. The van der Waals surface area contributed by atoms with Gasteiger partial charge in [0.25, 0.3) is 0 Å². The Balaban J connectivity index is 1.96. The lowest BCUT2D eigenvalue weighted by Gasteiger charge is -2.15. The molecule has 1 N–H and O–H groups in total.